The van der Waals surface area contributed by atoms with Gasteiger partial charge in [0.1, 0.15) is 0 Å². The Bertz CT molecular complexity index is 607. The lowest BCUT2D eigenvalue weighted by molar-refractivity contribution is 0.211. The summed E-state index contributed by atoms with van der Waals surface area (Å²) in [7, 11) is 0. The third-order valence-corrected chi connectivity index (χ3v) is 4.75. The van der Waals surface area contributed by atoms with E-state index in [1.807, 2.05) is 30.6 Å². The Morgan fingerprint density at radius 3 is 2.77 bits per heavy atom. The van der Waals surface area contributed by atoms with Gasteiger partial charge in [0, 0.05) is 48.8 Å². The largest absolute Gasteiger partial charge is 0.382 e. The first-order valence-corrected chi connectivity index (χ1v) is 8.23. The molecule has 0 atom stereocenters. The first-order valence-electron chi connectivity index (χ1n) is 7.85. The highest BCUT2D eigenvalue weighted by Crippen LogP contribution is 2.25. The molecule has 22 heavy (non-hydrogen) atoms. The highest BCUT2D eigenvalue weighted by Gasteiger charge is 2.19. The maximum Gasteiger partial charge on any atom is 0.0455 e. The monoisotopic (exact) mass is 315 g/mol. The van der Waals surface area contributed by atoms with Gasteiger partial charge in [-0.05, 0) is 49.1 Å². The number of hydrogen-bond donors (Lipinski definition) is 1. The van der Waals surface area contributed by atoms with E-state index in [1.165, 1.54) is 11.3 Å². The SMILES string of the molecule is Cc1c(Cl)cccc1NC1CCN(Cc2cccnc2)CC1. The summed E-state index contributed by atoms with van der Waals surface area (Å²) in [6, 6.07) is 10.7. The Labute approximate surface area is 137 Å². The number of halogens is 1. The maximum atomic E-state index is 6.19. The number of anilines is 1. The molecule has 1 saturated heterocycles. The number of pyridine rings is 1. The number of nitrogens with one attached hydrogen (secondary N) is 1. The Morgan fingerprint density at radius 2 is 2.05 bits per heavy atom. The van der Waals surface area contributed by atoms with Crippen LogP contribution in [0.3, 0.4) is 0 Å². The van der Waals surface area contributed by atoms with E-state index in [0.717, 1.165) is 43.1 Å². The zero-order chi connectivity index (χ0) is 15.4. The molecule has 2 heterocycles. The number of rotatable bonds is 4. The quantitative estimate of drug-likeness (QED) is 0.920. The van der Waals surface area contributed by atoms with E-state index in [1.54, 1.807) is 0 Å². The summed E-state index contributed by atoms with van der Waals surface area (Å²) >= 11 is 6.19. The van der Waals surface area contributed by atoms with Crippen molar-refractivity contribution in [3.05, 3.63) is 58.9 Å². The molecular weight excluding hydrogens is 294 g/mol. The van der Waals surface area contributed by atoms with Gasteiger partial charge in [-0.15, -0.1) is 0 Å². The van der Waals surface area contributed by atoms with E-state index in [4.69, 9.17) is 11.6 Å². The summed E-state index contributed by atoms with van der Waals surface area (Å²) in [5.74, 6) is 0. The van der Waals surface area contributed by atoms with Crippen LogP contribution in [0.2, 0.25) is 5.02 Å². The molecule has 0 spiro atoms. The molecule has 116 valence electrons. The van der Waals surface area contributed by atoms with Gasteiger partial charge in [-0.2, -0.15) is 0 Å². The van der Waals surface area contributed by atoms with Crippen LogP contribution in [0.1, 0.15) is 24.0 Å². The predicted molar refractivity (Wildman–Crippen MR) is 92.3 cm³/mol. The fraction of sp³-hybridized carbons (Fsp3) is 0.389. The van der Waals surface area contributed by atoms with Gasteiger partial charge in [0.25, 0.3) is 0 Å². The van der Waals surface area contributed by atoms with Crippen LogP contribution in [0.5, 0.6) is 0 Å². The number of piperidine rings is 1. The van der Waals surface area contributed by atoms with Gasteiger partial charge in [-0.1, -0.05) is 23.7 Å². The third-order valence-electron chi connectivity index (χ3n) is 4.34. The molecule has 2 aromatic rings. The zero-order valence-corrected chi connectivity index (χ0v) is 13.7. The van der Waals surface area contributed by atoms with Crippen LogP contribution in [-0.2, 0) is 6.54 Å². The molecule has 0 bridgehead atoms. The maximum absolute atomic E-state index is 6.19. The van der Waals surface area contributed by atoms with Crippen LogP contribution in [0, 0.1) is 6.92 Å². The van der Waals surface area contributed by atoms with Gasteiger partial charge in [0.15, 0.2) is 0 Å². The van der Waals surface area contributed by atoms with E-state index >= 15 is 0 Å². The second-order valence-electron chi connectivity index (χ2n) is 5.97. The van der Waals surface area contributed by atoms with Gasteiger partial charge in [-0.3, -0.25) is 9.88 Å². The molecule has 3 nitrogen and oxygen atoms in total. The van der Waals surface area contributed by atoms with E-state index in [-0.39, 0.29) is 0 Å². The molecule has 0 amide bonds. The molecule has 3 rings (SSSR count). The van der Waals surface area contributed by atoms with Crippen LogP contribution in [0.25, 0.3) is 0 Å². The van der Waals surface area contributed by atoms with Crippen LogP contribution in [-0.4, -0.2) is 29.0 Å². The van der Waals surface area contributed by atoms with Crippen molar-refractivity contribution in [3.63, 3.8) is 0 Å². The van der Waals surface area contributed by atoms with Crippen molar-refractivity contribution in [3.8, 4) is 0 Å². The Hall–Kier alpha value is -1.58. The number of benzene rings is 1. The average molecular weight is 316 g/mol. The second kappa shape index (κ2) is 7.12. The molecule has 4 heteroatoms. The Balaban J connectivity index is 1.52. The molecular formula is C18H22ClN3. The average Bonchev–Trinajstić information content (AvgIpc) is 2.55. The number of nitrogens with zero attached hydrogens (tertiary/aromatic N) is 2. The molecule has 0 aliphatic carbocycles. The first-order chi connectivity index (χ1) is 10.7. The zero-order valence-electron chi connectivity index (χ0n) is 12.9. The Morgan fingerprint density at radius 1 is 1.23 bits per heavy atom. The van der Waals surface area contributed by atoms with Crippen molar-refractivity contribution in [2.45, 2.75) is 32.4 Å². The minimum atomic E-state index is 0.530. The highest BCUT2D eigenvalue weighted by molar-refractivity contribution is 6.31. The third kappa shape index (κ3) is 3.79. The number of likely N-dealkylation sites (tertiary alicyclic amines) is 1. The summed E-state index contributed by atoms with van der Waals surface area (Å²) in [6.45, 7) is 5.30. The van der Waals surface area contributed by atoms with Gasteiger partial charge in [-0.25, -0.2) is 0 Å². The molecule has 1 aromatic heterocycles. The fourth-order valence-electron chi connectivity index (χ4n) is 2.97. The van der Waals surface area contributed by atoms with E-state index in [0.29, 0.717) is 6.04 Å². The summed E-state index contributed by atoms with van der Waals surface area (Å²) in [5.41, 5.74) is 3.60. The summed E-state index contributed by atoms with van der Waals surface area (Å²) in [6.07, 6.45) is 6.10. The molecule has 1 aliphatic heterocycles. The van der Waals surface area contributed by atoms with Gasteiger partial charge >= 0.3 is 0 Å². The van der Waals surface area contributed by atoms with E-state index in [9.17, 15) is 0 Å². The number of aromatic nitrogens is 1. The second-order valence-corrected chi connectivity index (χ2v) is 6.38. The highest BCUT2D eigenvalue weighted by atomic mass is 35.5. The fourth-order valence-corrected chi connectivity index (χ4v) is 3.14. The van der Waals surface area contributed by atoms with Gasteiger partial charge in [0.2, 0.25) is 0 Å². The molecule has 0 unspecified atom stereocenters. The minimum absolute atomic E-state index is 0.530. The van der Waals surface area contributed by atoms with Crippen molar-refractivity contribution in [1.29, 1.82) is 0 Å². The molecule has 1 aliphatic rings. The smallest absolute Gasteiger partial charge is 0.0455 e. The summed E-state index contributed by atoms with van der Waals surface area (Å²) in [5, 5.41) is 4.48. The van der Waals surface area contributed by atoms with Crippen molar-refractivity contribution >= 4 is 17.3 Å². The molecule has 1 aromatic carbocycles. The minimum Gasteiger partial charge on any atom is -0.382 e. The first kappa shape index (κ1) is 15.3. The number of hydrogen-bond acceptors (Lipinski definition) is 3. The Kier molecular flexibility index (Phi) is 4.96. The lowest BCUT2D eigenvalue weighted by Gasteiger charge is -2.33. The van der Waals surface area contributed by atoms with Crippen molar-refractivity contribution in [2.24, 2.45) is 0 Å². The molecule has 1 fully saturated rings. The van der Waals surface area contributed by atoms with Crippen molar-refractivity contribution in [2.75, 3.05) is 18.4 Å². The lowest BCUT2D eigenvalue weighted by atomic mass is 10.0. The van der Waals surface area contributed by atoms with Crippen LogP contribution in [0.4, 0.5) is 5.69 Å². The predicted octanol–water partition coefficient (Wildman–Crippen LogP) is 4.12. The molecule has 0 radical (unpaired) electrons. The van der Waals surface area contributed by atoms with E-state index < -0.39 is 0 Å². The van der Waals surface area contributed by atoms with Gasteiger partial charge < -0.3 is 5.32 Å². The van der Waals surface area contributed by atoms with Crippen LogP contribution < -0.4 is 5.32 Å². The van der Waals surface area contributed by atoms with Gasteiger partial charge in [0.05, 0.1) is 0 Å². The lowest BCUT2D eigenvalue weighted by Crippen LogP contribution is -2.38. The molecule has 0 saturated carbocycles. The van der Waals surface area contributed by atoms with Crippen LogP contribution >= 0.6 is 11.6 Å². The molecule has 1 N–H and O–H groups in total. The standard InChI is InChI=1S/C18H22ClN3/c1-14-17(19)5-2-6-18(14)21-16-7-10-22(11-8-16)13-15-4-3-9-20-12-15/h2-6,9,12,16,21H,7-8,10-11,13H2,1H3. The van der Waals surface area contributed by atoms with E-state index in [2.05, 4.69) is 34.3 Å². The summed E-state index contributed by atoms with van der Waals surface area (Å²) in [4.78, 5) is 6.69. The summed E-state index contributed by atoms with van der Waals surface area (Å²) < 4.78 is 0. The van der Waals surface area contributed by atoms with Crippen LogP contribution in [0.15, 0.2) is 42.7 Å². The van der Waals surface area contributed by atoms with Crippen molar-refractivity contribution in [1.82, 2.24) is 9.88 Å². The topological polar surface area (TPSA) is 28.2 Å². The van der Waals surface area contributed by atoms with Crippen molar-refractivity contribution < 1.29 is 0 Å². The normalized spacial score (nSPS) is 16.6.